The third-order valence-corrected chi connectivity index (χ3v) is 2.08. The Kier molecular flexibility index (Phi) is 4.57. The molecule has 1 aromatic rings. The molecule has 0 fully saturated rings. The van der Waals surface area contributed by atoms with Crippen molar-refractivity contribution in [2.75, 3.05) is 0 Å². The lowest BCUT2D eigenvalue weighted by Crippen LogP contribution is -2.24. The highest BCUT2D eigenvalue weighted by molar-refractivity contribution is 5.90. The monoisotopic (exact) mass is 290 g/mol. The van der Waals surface area contributed by atoms with Gasteiger partial charge in [-0.15, -0.1) is 0 Å². The molecular formula is C14H14F4O2. The van der Waals surface area contributed by atoms with Crippen molar-refractivity contribution < 1.29 is 27.1 Å². The van der Waals surface area contributed by atoms with Crippen molar-refractivity contribution in [3.05, 3.63) is 41.2 Å². The number of hydrogen-bond donors (Lipinski definition) is 0. The van der Waals surface area contributed by atoms with E-state index >= 15 is 0 Å². The molecule has 0 saturated carbocycles. The highest BCUT2D eigenvalue weighted by Gasteiger charge is 2.23. The van der Waals surface area contributed by atoms with Crippen LogP contribution in [0.5, 0.6) is 0 Å². The van der Waals surface area contributed by atoms with Crippen molar-refractivity contribution in [2.45, 2.75) is 32.5 Å². The number of allylic oxidation sites excluding steroid dienone is 1. The number of ether oxygens (including phenoxy) is 1. The Morgan fingerprint density at radius 1 is 1.20 bits per heavy atom. The SMILES string of the molecule is CC(C)(C)OC(=O)c1ccc(/C=C/C(F)(F)F)cc1F. The fourth-order valence-corrected chi connectivity index (χ4v) is 1.32. The molecule has 0 radical (unpaired) electrons. The first kappa shape index (κ1) is 16.2. The number of halogens is 4. The van der Waals surface area contributed by atoms with Crippen LogP contribution in [0, 0.1) is 5.82 Å². The molecule has 0 heterocycles. The van der Waals surface area contributed by atoms with E-state index in [4.69, 9.17) is 4.74 Å². The van der Waals surface area contributed by atoms with Gasteiger partial charge in [-0.2, -0.15) is 13.2 Å². The van der Waals surface area contributed by atoms with Crippen LogP contribution in [0.25, 0.3) is 6.08 Å². The summed E-state index contributed by atoms with van der Waals surface area (Å²) in [6.45, 7) is 4.88. The lowest BCUT2D eigenvalue weighted by Gasteiger charge is -2.19. The molecule has 6 heteroatoms. The summed E-state index contributed by atoms with van der Waals surface area (Å²) in [5.74, 6) is -1.79. The van der Waals surface area contributed by atoms with Gasteiger partial charge in [0, 0.05) is 6.08 Å². The smallest absolute Gasteiger partial charge is 0.409 e. The zero-order chi connectivity index (χ0) is 15.6. The Hall–Kier alpha value is -1.85. The van der Waals surface area contributed by atoms with Crippen molar-refractivity contribution in [3.63, 3.8) is 0 Å². The highest BCUT2D eigenvalue weighted by Crippen LogP contribution is 2.20. The predicted octanol–water partition coefficient (Wildman–Crippen LogP) is 4.36. The molecule has 0 aromatic heterocycles. The highest BCUT2D eigenvalue weighted by atomic mass is 19.4. The van der Waals surface area contributed by atoms with E-state index in [0.717, 1.165) is 18.2 Å². The number of benzene rings is 1. The van der Waals surface area contributed by atoms with Crippen molar-refractivity contribution >= 4 is 12.0 Å². The number of carbonyl (C=O) groups excluding carboxylic acids is 1. The standard InChI is InChI=1S/C14H14F4O2/c1-13(2,3)20-12(19)10-5-4-9(8-11(10)15)6-7-14(16,17)18/h4-8H,1-3H3/b7-6+. The van der Waals surface area contributed by atoms with Gasteiger partial charge in [0.15, 0.2) is 0 Å². The molecular weight excluding hydrogens is 276 g/mol. The summed E-state index contributed by atoms with van der Waals surface area (Å²) < 4.78 is 54.6. The molecule has 0 aliphatic carbocycles. The summed E-state index contributed by atoms with van der Waals surface area (Å²) in [6, 6.07) is 3.16. The van der Waals surface area contributed by atoms with Crippen molar-refractivity contribution in [2.24, 2.45) is 0 Å². The molecule has 0 spiro atoms. The minimum atomic E-state index is -4.47. The van der Waals surface area contributed by atoms with E-state index in [0.29, 0.717) is 0 Å². The third-order valence-electron chi connectivity index (χ3n) is 2.08. The summed E-state index contributed by atoms with van der Waals surface area (Å²) in [5, 5.41) is 0. The second-order valence-electron chi connectivity index (χ2n) is 5.12. The minimum Gasteiger partial charge on any atom is -0.456 e. The molecule has 1 rings (SSSR count). The van der Waals surface area contributed by atoms with E-state index in [1.807, 2.05) is 0 Å². The number of rotatable bonds is 2. The van der Waals surface area contributed by atoms with Crippen LogP contribution in [0.2, 0.25) is 0 Å². The van der Waals surface area contributed by atoms with Gasteiger partial charge in [-0.1, -0.05) is 6.07 Å². The predicted molar refractivity (Wildman–Crippen MR) is 66.7 cm³/mol. The van der Waals surface area contributed by atoms with Gasteiger partial charge in [-0.3, -0.25) is 0 Å². The van der Waals surface area contributed by atoms with Gasteiger partial charge < -0.3 is 4.74 Å². The van der Waals surface area contributed by atoms with E-state index < -0.39 is 23.6 Å². The molecule has 0 bridgehead atoms. The van der Waals surface area contributed by atoms with Gasteiger partial charge in [-0.05, 0) is 44.5 Å². The van der Waals surface area contributed by atoms with Crippen molar-refractivity contribution in [3.8, 4) is 0 Å². The summed E-state index contributed by atoms with van der Waals surface area (Å²) in [6.07, 6.45) is -3.75. The summed E-state index contributed by atoms with van der Waals surface area (Å²) >= 11 is 0. The van der Waals surface area contributed by atoms with Gasteiger partial charge in [0.05, 0.1) is 5.56 Å². The third kappa shape index (κ3) is 5.42. The summed E-state index contributed by atoms with van der Waals surface area (Å²) in [7, 11) is 0. The van der Waals surface area contributed by atoms with Gasteiger partial charge in [-0.25, -0.2) is 9.18 Å². The van der Waals surface area contributed by atoms with Crippen molar-refractivity contribution in [1.82, 2.24) is 0 Å². The van der Waals surface area contributed by atoms with Gasteiger partial charge in [0.1, 0.15) is 11.4 Å². The molecule has 0 saturated heterocycles. The first-order valence-corrected chi connectivity index (χ1v) is 5.77. The lowest BCUT2D eigenvalue weighted by atomic mass is 10.1. The van der Waals surface area contributed by atoms with E-state index in [-0.39, 0.29) is 17.2 Å². The first-order chi connectivity index (χ1) is 8.98. The molecule has 0 atom stereocenters. The van der Waals surface area contributed by atoms with Crippen LogP contribution in [0.1, 0.15) is 36.7 Å². The first-order valence-electron chi connectivity index (χ1n) is 5.77. The molecule has 110 valence electrons. The minimum absolute atomic E-state index is 0.00504. The van der Waals surface area contributed by atoms with Crippen LogP contribution in [0.15, 0.2) is 24.3 Å². The quantitative estimate of drug-likeness (QED) is 0.597. The van der Waals surface area contributed by atoms with Gasteiger partial charge >= 0.3 is 12.1 Å². The van der Waals surface area contributed by atoms with Gasteiger partial charge in [0.25, 0.3) is 0 Å². The molecule has 0 aliphatic rings. The van der Waals surface area contributed by atoms with E-state index in [1.165, 1.54) is 6.07 Å². The van der Waals surface area contributed by atoms with Crippen LogP contribution in [-0.4, -0.2) is 17.7 Å². The summed E-state index contributed by atoms with van der Waals surface area (Å²) in [5.41, 5.74) is -1.09. The Morgan fingerprint density at radius 2 is 1.80 bits per heavy atom. The topological polar surface area (TPSA) is 26.3 Å². The molecule has 0 aliphatic heterocycles. The second-order valence-corrected chi connectivity index (χ2v) is 5.12. The maximum atomic E-state index is 13.7. The molecule has 20 heavy (non-hydrogen) atoms. The molecule has 2 nitrogen and oxygen atoms in total. The largest absolute Gasteiger partial charge is 0.456 e. The van der Waals surface area contributed by atoms with E-state index in [9.17, 15) is 22.4 Å². The van der Waals surface area contributed by atoms with Crippen LogP contribution in [-0.2, 0) is 4.74 Å². The number of carbonyl (C=O) groups is 1. The van der Waals surface area contributed by atoms with E-state index in [2.05, 4.69) is 0 Å². The second kappa shape index (κ2) is 5.64. The average molecular weight is 290 g/mol. The summed E-state index contributed by atoms with van der Waals surface area (Å²) in [4.78, 5) is 11.6. The number of esters is 1. The fraction of sp³-hybridized carbons (Fsp3) is 0.357. The molecule has 0 N–H and O–H groups in total. The molecule has 0 unspecified atom stereocenters. The van der Waals surface area contributed by atoms with Crippen LogP contribution in [0.3, 0.4) is 0 Å². The number of alkyl halides is 3. The zero-order valence-electron chi connectivity index (χ0n) is 11.2. The van der Waals surface area contributed by atoms with Crippen LogP contribution >= 0.6 is 0 Å². The fourth-order valence-electron chi connectivity index (χ4n) is 1.32. The Bertz CT molecular complexity index is 525. The maximum absolute atomic E-state index is 13.7. The van der Waals surface area contributed by atoms with Gasteiger partial charge in [0.2, 0.25) is 0 Å². The molecule has 0 amide bonds. The maximum Gasteiger partial charge on any atom is 0.409 e. The molecule has 1 aromatic carbocycles. The van der Waals surface area contributed by atoms with E-state index in [1.54, 1.807) is 20.8 Å². The van der Waals surface area contributed by atoms with Crippen LogP contribution in [0.4, 0.5) is 17.6 Å². The Labute approximate surface area is 114 Å². The number of hydrogen-bond acceptors (Lipinski definition) is 2. The van der Waals surface area contributed by atoms with Crippen molar-refractivity contribution in [1.29, 1.82) is 0 Å². The van der Waals surface area contributed by atoms with Crippen LogP contribution < -0.4 is 0 Å². The normalized spacial score (nSPS) is 12.8. The zero-order valence-corrected chi connectivity index (χ0v) is 11.2. The Morgan fingerprint density at radius 3 is 2.25 bits per heavy atom. The lowest BCUT2D eigenvalue weighted by molar-refractivity contribution is -0.0790. The average Bonchev–Trinajstić information content (AvgIpc) is 2.22. The Balaban J connectivity index is 2.94.